The van der Waals surface area contributed by atoms with Gasteiger partial charge in [-0.2, -0.15) is 0 Å². The maximum atomic E-state index is 13.1. The van der Waals surface area contributed by atoms with Crippen molar-refractivity contribution in [2.24, 2.45) is 0 Å². The van der Waals surface area contributed by atoms with Crippen LogP contribution in [0.1, 0.15) is 12.8 Å². The largest absolute Gasteiger partial charge is 0.376 e. The summed E-state index contributed by atoms with van der Waals surface area (Å²) in [6.45, 7) is 5.19. The second-order valence-corrected chi connectivity index (χ2v) is 8.04. The Labute approximate surface area is 168 Å². The lowest BCUT2D eigenvalue weighted by atomic mass is 10.2. The molecule has 8 heteroatoms. The summed E-state index contributed by atoms with van der Waals surface area (Å²) in [6, 6.07) is 6.48. The van der Waals surface area contributed by atoms with Crippen LogP contribution in [0, 0.1) is 5.82 Å². The van der Waals surface area contributed by atoms with Crippen LogP contribution in [0.25, 0.3) is 11.3 Å². The number of hydrogen-bond donors (Lipinski definition) is 1. The van der Waals surface area contributed by atoms with Gasteiger partial charge in [0, 0.05) is 50.3 Å². The molecule has 27 heavy (non-hydrogen) atoms. The molecule has 1 unspecified atom stereocenters. The van der Waals surface area contributed by atoms with Gasteiger partial charge in [-0.1, -0.05) is 0 Å². The molecule has 0 aliphatic carbocycles. The number of piperazine rings is 1. The van der Waals surface area contributed by atoms with E-state index in [1.165, 1.54) is 12.1 Å². The molecular formula is C19H23FN4OS2. The Kier molecular flexibility index (Phi) is 5.85. The number of aromatic nitrogens is 1. The Hall–Kier alpha value is -1.77. The zero-order chi connectivity index (χ0) is 18.6. The Bertz CT molecular complexity index is 768. The lowest BCUT2D eigenvalue weighted by Gasteiger charge is -2.36. The van der Waals surface area contributed by atoms with E-state index in [4.69, 9.17) is 21.9 Å². The third-order valence-electron chi connectivity index (χ3n) is 4.97. The fourth-order valence-corrected chi connectivity index (χ4v) is 4.54. The zero-order valence-corrected chi connectivity index (χ0v) is 16.7. The molecule has 144 valence electrons. The maximum Gasteiger partial charge on any atom is 0.185 e. The van der Waals surface area contributed by atoms with Crippen LogP contribution in [0.4, 0.5) is 9.52 Å². The minimum absolute atomic E-state index is 0.227. The van der Waals surface area contributed by atoms with Gasteiger partial charge in [0.25, 0.3) is 0 Å². The van der Waals surface area contributed by atoms with E-state index in [1.54, 1.807) is 23.5 Å². The minimum atomic E-state index is -0.227. The number of nitrogens with zero attached hydrogens (tertiary/aromatic N) is 3. The molecule has 2 aromatic rings. The first kappa shape index (κ1) is 18.6. The number of thiazole rings is 1. The molecule has 3 heterocycles. The zero-order valence-electron chi connectivity index (χ0n) is 15.1. The van der Waals surface area contributed by atoms with Crippen molar-refractivity contribution in [3.63, 3.8) is 0 Å². The van der Waals surface area contributed by atoms with Crippen molar-refractivity contribution in [2.45, 2.75) is 18.9 Å². The number of thiocarbonyl (C=S) groups is 1. The summed E-state index contributed by atoms with van der Waals surface area (Å²) in [5.74, 6) is -0.227. The van der Waals surface area contributed by atoms with Gasteiger partial charge in [0.2, 0.25) is 0 Å². The molecule has 2 saturated heterocycles. The second-order valence-electron chi connectivity index (χ2n) is 6.82. The summed E-state index contributed by atoms with van der Waals surface area (Å²) in [7, 11) is 0. The molecule has 0 radical (unpaired) electrons. The predicted molar refractivity (Wildman–Crippen MR) is 111 cm³/mol. The van der Waals surface area contributed by atoms with Crippen LogP contribution in [0.2, 0.25) is 0 Å². The average molecular weight is 407 g/mol. The smallest absolute Gasteiger partial charge is 0.185 e. The fourth-order valence-electron chi connectivity index (χ4n) is 3.38. The fraction of sp³-hybridized carbons (Fsp3) is 0.474. The van der Waals surface area contributed by atoms with Crippen LogP contribution in [0.15, 0.2) is 29.6 Å². The van der Waals surface area contributed by atoms with E-state index in [0.29, 0.717) is 6.10 Å². The van der Waals surface area contributed by atoms with Gasteiger partial charge in [0.1, 0.15) is 5.82 Å². The molecule has 0 bridgehead atoms. The first-order chi connectivity index (χ1) is 13.2. The van der Waals surface area contributed by atoms with E-state index in [9.17, 15) is 4.39 Å². The minimum Gasteiger partial charge on any atom is -0.376 e. The van der Waals surface area contributed by atoms with Gasteiger partial charge in [0.05, 0.1) is 11.8 Å². The summed E-state index contributed by atoms with van der Waals surface area (Å²) in [5, 5.41) is 7.20. The van der Waals surface area contributed by atoms with Gasteiger partial charge in [-0.05, 0) is 49.3 Å². The monoisotopic (exact) mass is 406 g/mol. The Morgan fingerprint density at radius 1 is 1.26 bits per heavy atom. The normalized spacial score (nSPS) is 20.1. The lowest BCUT2D eigenvalue weighted by molar-refractivity contribution is 0.113. The summed E-state index contributed by atoms with van der Waals surface area (Å²) in [6.07, 6.45) is 2.56. The summed E-state index contributed by atoms with van der Waals surface area (Å²) >= 11 is 7.17. The van der Waals surface area contributed by atoms with Crippen LogP contribution in [-0.2, 0) is 4.74 Å². The van der Waals surface area contributed by atoms with Crippen LogP contribution < -0.4 is 10.2 Å². The van der Waals surface area contributed by atoms with Crippen LogP contribution in [0.5, 0.6) is 0 Å². The molecule has 0 spiro atoms. The molecule has 2 fully saturated rings. The number of hydrogen-bond acceptors (Lipinski definition) is 5. The highest BCUT2D eigenvalue weighted by Gasteiger charge is 2.22. The van der Waals surface area contributed by atoms with Crippen molar-refractivity contribution in [3.05, 3.63) is 35.5 Å². The molecule has 4 rings (SSSR count). The van der Waals surface area contributed by atoms with Crippen molar-refractivity contribution in [3.8, 4) is 11.3 Å². The topological polar surface area (TPSA) is 40.6 Å². The van der Waals surface area contributed by atoms with Gasteiger partial charge in [-0.25, -0.2) is 9.37 Å². The number of benzene rings is 1. The quantitative estimate of drug-likeness (QED) is 0.787. The van der Waals surface area contributed by atoms with Gasteiger partial charge in [0.15, 0.2) is 10.2 Å². The van der Waals surface area contributed by atoms with E-state index in [-0.39, 0.29) is 5.82 Å². The summed E-state index contributed by atoms with van der Waals surface area (Å²) in [5.41, 5.74) is 1.84. The van der Waals surface area contributed by atoms with E-state index in [2.05, 4.69) is 15.1 Å². The third kappa shape index (κ3) is 4.56. The van der Waals surface area contributed by atoms with Crippen molar-refractivity contribution in [1.82, 2.24) is 15.2 Å². The SMILES string of the molecule is Fc1ccc(-c2csc(N3CCN(C(=S)NCC4CCCO4)CC3)n2)cc1. The van der Waals surface area contributed by atoms with Gasteiger partial charge in [-0.3, -0.25) is 0 Å². The van der Waals surface area contributed by atoms with Gasteiger partial charge < -0.3 is 19.9 Å². The third-order valence-corrected chi connectivity index (χ3v) is 6.28. The molecular weight excluding hydrogens is 383 g/mol. The first-order valence-electron chi connectivity index (χ1n) is 9.30. The number of rotatable bonds is 4. The maximum absolute atomic E-state index is 13.1. The Morgan fingerprint density at radius 2 is 2.04 bits per heavy atom. The van der Waals surface area contributed by atoms with Crippen molar-refractivity contribution < 1.29 is 9.13 Å². The van der Waals surface area contributed by atoms with E-state index >= 15 is 0 Å². The highest BCUT2D eigenvalue weighted by atomic mass is 32.1. The summed E-state index contributed by atoms with van der Waals surface area (Å²) in [4.78, 5) is 9.24. The predicted octanol–water partition coefficient (Wildman–Crippen LogP) is 3.12. The second kappa shape index (κ2) is 8.50. The highest BCUT2D eigenvalue weighted by molar-refractivity contribution is 7.80. The molecule has 1 atom stereocenters. The Balaban J connectivity index is 1.29. The van der Waals surface area contributed by atoms with E-state index < -0.39 is 0 Å². The lowest BCUT2D eigenvalue weighted by Crippen LogP contribution is -2.52. The van der Waals surface area contributed by atoms with E-state index in [1.807, 2.05) is 5.38 Å². The molecule has 1 aromatic heterocycles. The molecule has 0 saturated carbocycles. The first-order valence-corrected chi connectivity index (χ1v) is 10.6. The average Bonchev–Trinajstić information content (AvgIpc) is 3.39. The summed E-state index contributed by atoms with van der Waals surface area (Å²) < 4.78 is 18.7. The molecule has 2 aliphatic heterocycles. The van der Waals surface area contributed by atoms with Gasteiger partial charge in [-0.15, -0.1) is 11.3 Å². The molecule has 1 N–H and O–H groups in total. The van der Waals surface area contributed by atoms with Crippen LogP contribution in [-0.4, -0.2) is 60.4 Å². The van der Waals surface area contributed by atoms with Crippen LogP contribution >= 0.6 is 23.6 Å². The number of nitrogens with one attached hydrogen (secondary N) is 1. The number of halogens is 1. The highest BCUT2D eigenvalue weighted by Crippen LogP contribution is 2.28. The van der Waals surface area contributed by atoms with Crippen LogP contribution in [0.3, 0.4) is 0 Å². The van der Waals surface area contributed by atoms with Crippen molar-refractivity contribution >= 4 is 33.8 Å². The molecule has 2 aliphatic rings. The molecule has 0 amide bonds. The van der Waals surface area contributed by atoms with Crippen molar-refractivity contribution in [1.29, 1.82) is 0 Å². The standard InChI is InChI=1S/C19H23FN4OS2/c20-15-5-3-14(4-6-15)17-13-27-19(22-17)24-9-7-23(8-10-24)18(26)21-12-16-2-1-11-25-16/h3-6,13,16H,1-2,7-12H2,(H,21,26). The molecule has 5 nitrogen and oxygen atoms in total. The van der Waals surface area contributed by atoms with Gasteiger partial charge >= 0.3 is 0 Å². The van der Waals surface area contributed by atoms with E-state index in [0.717, 1.165) is 73.7 Å². The Morgan fingerprint density at radius 3 is 2.74 bits per heavy atom. The molecule has 1 aromatic carbocycles. The number of anilines is 1. The van der Waals surface area contributed by atoms with Crippen molar-refractivity contribution in [2.75, 3.05) is 44.2 Å². The number of ether oxygens (including phenoxy) is 1.